The lowest BCUT2D eigenvalue weighted by Crippen LogP contribution is -2.50. The largest absolute Gasteiger partial charge is 0.375 e. The summed E-state index contributed by atoms with van der Waals surface area (Å²) in [6.45, 7) is 39.7. The van der Waals surface area contributed by atoms with Gasteiger partial charge in [-0.3, -0.25) is 24.5 Å². The molecule has 56 heavy (non-hydrogen) atoms. The van der Waals surface area contributed by atoms with Crippen LogP contribution in [0.2, 0.25) is 0 Å². The van der Waals surface area contributed by atoms with E-state index in [4.69, 9.17) is 4.74 Å². The summed E-state index contributed by atoms with van der Waals surface area (Å²) in [4.78, 5) is 13.6. The highest BCUT2D eigenvalue weighted by Crippen LogP contribution is 2.43. The molecule has 0 aliphatic carbocycles. The van der Waals surface area contributed by atoms with E-state index in [2.05, 4.69) is 141 Å². The molecule has 7 saturated heterocycles. The first-order chi connectivity index (χ1) is 26.4. The Morgan fingerprint density at radius 2 is 0.893 bits per heavy atom. The summed E-state index contributed by atoms with van der Waals surface area (Å²) in [5.74, 6) is 2.65. The van der Waals surface area contributed by atoms with E-state index in [0.717, 1.165) is 90.3 Å². The third-order valence-electron chi connectivity index (χ3n) is 15.6. The van der Waals surface area contributed by atoms with Crippen molar-refractivity contribution in [1.82, 2.24) is 24.5 Å². The summed E-state index contributed by atoms with van der Waals surface area (Å²) in [5, 5.41) is 0. The molecule has 8 aliphatic rings. The summed E-state index contributed by atoms with van der Waals surface area (Å²) in [5.41, 5.74) is 1.70. The molecule has 0 spiro atoms. The molecule has 0 amide bonds. The van der Waals surface area contributed by atoms with Crippen LogP contribution in [-0.2, 0) is 4.74 Å². The molecule has 0 aromatic carbocycles. The van der Waals surface area contributed by atoms with Gasteiger partial charge in [0.05, 0.1) is 12.2 Å². The molecule has 8 aliphatic heterocycles. The van der Waals surface area contributed by atoms with Crippen molar-refractivity contribution < 1.29 is 4.74 Å². The van der Waals surface area contributed by atoms with E-state index in [9.17, 15) is 0 Å². The Balaban J connectivity index is 0.000000143. The van der Waals surface area contributed by atoms with Crippen LogP contribution in [0.1, 0.15) is 188 Å². The van der Waals surface area contributed by atoms with Crippen molar-refractivity contribution >= 4 is 0 Å². The van der Waals surface area contributed by atoms with Crippen molar-refractivity contribution in [3.63, 3.8) is 0 Å². The molecule has 0 N–H and O–H groups in total. The number of fused-ring (bicyclic) bond motifs is 8. The van der Waals surface area contributed by atoms with Gasteiger partial charge in [0, 0.05) is 91.6 Å². The van der Waals surface area contributed by atoms with Gasteiger partial charge in [-0.2, -0.15) is 0 Å². The molecule has 0 aromatic heterocycles. The molecular formula is C50H95N5O. The van der Waals surface area contributed by atoms with Gasteiger partial charge in [-0.25, -0.2) is 0 Å². The van der Waals surface area contributed by atoms with E-state index in [1.165, 1.54) is 90.1 Å². The van der Waals surface area contributed by atoms with E-state index in [0.29, 0.717) is 18.2 Å². The summed E-state index contributed by atoms with van der Waals surface area (Å²) >= 11 is 0. The first-order valence-electron chi connectivity index (χ1n) is 24.6. The molecule has 6 heteroatoms. The van der Waals surface area contributed by atoms with Gasteiger partial charge in [0.2, 0.25) is 0 Å². The zero-order chi connectivity index (χ0) is 41.2. The predicted octanol–water partition coefficient (Wildman–Crippen LogP) is 10.9. The van der Waals surface area contributed by atoms with Crippen LogP contribution in [0.4, 0.5) is 0 Å². The maximum absolute atomic E-state index is 5.97. The molecule has 0 aromatic rings. The zero-order valence-corrected chi connectivity index (χ0v) is 40.0. The van der Waals surface area contributed by atoms with E-state index in [-0.39, 0.29) is 0 Å². The van der Waals surface area contributed by atoms with E-state index < -0.39 is 0 Å². The fourth-order valence-electron chi connectivity index (χ4n) is 13.3. The first-order valence-corrected chi connectivity index (χ1v) is 24.6. The van der Waals surface area contributed by atoms with Crippen LogP contribution >= 0.6 is 0 Å². The van der Waals surface area contributed by atoms with Crippen molar-refractivity contribution in [3.8, 4) is 0 Å². The minimum Gasteiger partial charge on any atom is -0.375 e. The van der Waals surface area contributed by atoms with Crippen molar-refractivity contribution in [2.45, 2.75) is 279 Å². The highest BCUT2D eigenvalue weighted by molar-refractivity contribution is 5.19. The maximum Gasteiger partial charge on any atom is 0.0608 e. The Hall–Kier alpha value is -0.500. The standard InChI is InChI=1S/C13H25NO.C13H25N.C13H23N.C11H22N2/c1-9(2)14-11-5-6-12(14)8-13(7-11)15-10(3)4;2*1-9(2)11-7-12-5-6-13(8-11)14(12)10(3)4;1-8(2)12-6-11-5-10(12)7-13(11)9(3)4/h9-13H,5-8H2,1-4H3;9-13H,5-8H2,1-4H3;7,9-10,12-13H,5-6,8H2,1-4H3;8-11H,5-7H2,1-4H3. The van der Waals surface area contributed by atoms with Gasteiger partial charge < -0.3 is 4.74 Å². The van der Waals surface area contributed by atoms with Crippen LogP contribution in [0.15, 0.2) is 11.6 Å². The van der Waals surface area contributed by atoms with Crippen LogP contribution in [0.25, 0.3) is 0 Å². The molecule has 326 valence electrons. The number of nitrogens with zero attached hydrogens (tertiary/aromatic N) is 5. The van der Waals surface area contributed by atoms with E-state index in [1.807, 2.05) is 0 Å². The lowest BCUT2D eigenvalue weighted by molar-refractivity contribution is -0.0544. The average Bonchev–Trinajstić information content (AvgIpc) is 3.91. The van der Waals surface area contributed by atoms with Crippen molar-refractivity contribution in [1.29, 1.82) is 0 Å². The van der Waals surface area contributed by atoms with Gasteiger partial charge >= 0.3 is 0 Å². The monoisotopic (exact) mass is 782 g/mol. The second kappa shape index (κ2) is 20.4. The van der Waals surface area contributed by atoms with Gasteiger partial charge in [-0.15, -0.1) is 0 Å². The van der Waals surface area contributed by atoms with Gasteiger partial charge in [0.15, 0.2) is 0 Å². The SMILES string of the molecule is CC(C)C1=CC2CCC(C1)N2C(C)C.CC(C)C1CC2CCC(C1)N2C(C)C.CC(C)N1CC2CC1CN2C(C)C.CC(C)OC1CC2CCC(C1)N2C(C)C. The van der Waals surface area contributed by atoms with E-state index >= 15 is 0 Å². The number of rotatable bonds is 9. The second-order valence-corrected chi connectivity index (χ2v) is 22.2. The molecule has 0 saturated carbocycles. The number of hydrogen-bond acceptors (Lipinski definition) is 6. The highest BCUT2D eigenvalue weighted by Gasteiger charge is 2.45. The molecule has 8 rings (SSSR count). The van der Waals surface area contributed by atoms with E-state index in [1.54, 1.807) is 5.57 Å². The average molecular weight is 782 g/mol. The van der Waals surface area contributed by atoms with Gasteiger partial charge in [-0.05, 0) is 178 Å². The van der Waals surface area contributed by atoms with Crippen LogP contribution in [0, 0.1) is 17.8 Å². The summed E-state index contributed by atoms with van der Waals surface area (Å²) in [6.07, 6.45) is 20.2. The Morgan fingerprint density at radius 1 is 0.464 bits per heavy atom. The zero-order valence-electron chi connectivity index (χ0n) is 40.0. The minimum absolute atomic E-state index is 0.389. The lowest BCUT2D eigenvalue weighted by atomic mass is 9.82. The van der Waals surface area contributed by atoms with Gasteiger partial charge in [0.1, 0.15) is 0 Å². The number of piperazine rings is 1. The molecule has 6 nitrogen and oxygen atoms in total. The maximum atomic E-state index is 5.97. The first kappa shape index (κ1) is 46.6. The summed E-state index contributed by atoms with van der Waals surface area (Å²) < 4.78 is 5.97. The van der Waals surface area contributed by atoms with Crippen molar-refractivity contribution in [2.75, 3.05) is 13.1 Å². The second-order valence-electron chi connectivity index (χ2n) is 22.2. The fourth-order valence-corrected chi connectivity index (χ4v) is 13.3. The normalized spacial score (nSPS) is 36.0. The molecule has 0 radical (unpaired) electrons. The third kappa shape index (κ3) is 11.2. The molecule has 8 atom stereocenters. The van der Waals surface area contributed by atoms with Crippen LogP contribution in [0.3, 0.4) is 0 Å². The Kier molecular flexibility index (Phi) is 16.9. The predicted molar refractivity (Wildman–Crippen MR) is 242 cm³/mol. The van der Waals surface area contributed by atoms with Gasteiger partial charge in [0.25, 0.3) is 0 Å². The number of likely N-dealkylation sites (tertiary alicyclic amines) is 2. The van der Waals surface area contributed by atoms with Crippen LogP contribution < -0.4 is 0 Å². The van der Waals surface area contributed by atoms with Crippen molar-refractivity contribution in [2.24, 2.45) is 17.8 Å². The topological polar surface area (TPSA) is 25.4 Å². The summed E-state index contributed by atoms with van der Waals surface area (Å²) in [7, 11) is 0. The van der Waals surface area contributed by atoms with Crippen molar-refractivity contribution in [3.05, 3.63) is 11.6 Å². The number of ether oxygens (including phenoxy) is 1. The molecule has 7 fully saturated rings. The Bertz CT molecular complexity index is 1160. The van der Waals surface area contributed by atoms with Crippen LogP contribution in [0.5, 0.6) is 0 Å². The molecule has 8 unspecified atom stereocenters. The molecular weight excluding hydrogens is 687 g/mol. The molecule has 8 bridgehead atoms. The lowest BCUT2D eigenvalue weighted by Gasteiger charge is -2.42. The smallest absolute Gasteiger partial charge is 0.0608 e. The minimum atomic E-state index is 0.389. The molecule has 8 heterocycles. The number of piperidine rings is 2. The van der Waals surface area contributed by atoms with Gasteiger partial charge in [-0.1, -0.05) is 39.3 Å². The fraction of sp³-hybridized carbons (Fsp3) is 0.960. The number of hydrogen-bond donors (Lipinski definition) is 0. The Labute approximate surface area is 349 Å². The highest BCUT2D eigenvalue weighted by atomic mass is 16.5. The summed E-state index contributed by atoms with van der Waals surface area (Å²) in [6, 6.07) is 10.4. The van der Waals surface area contributed by atoms with Crippen LogP contribution in [-0.4, -0.2) is 128 Å². The third-order valence-corrected chi connectivity index (χ3v) is 15.6. The Morgan fingerprint density at radius 3 is 1.23 bits per heavy atom. The quantitative estimate of drug-likeness (QED) is 0.216.